The molecule has 0 aliphatic carbocycles. The SMILES string of the molecule is Cn1cncc1C(=O)Nc1cccc(CCl)c1. The van der Waals surface area contributed by atoms with Crippen LogP contribution >= 0.6 is 11.6 Å². The van der Waals surface area contributed by atoms with Crippen molar-refractivity contribution in [2.24, 2.45) is 7.05 Å². The molecule has 0 bridgehead atoms. The molecule has 1 heterocycles. The molecule has 1 aromatic carbocycles. The first-order valence-corrected chi connectivity index (χ1v) is 5.66. The predicted octanol–water partition coefficient (Wildman–Crippen LogP) is 2.41. The number of anilines is 1. The van der Waals surface area contributed by atoms with Gasteiger partial charge in [-0.3, -0.25) is 4.79 Å². The number of imidazole rings is 1. The number of hydrogen-bond acceptors (Lipinski definition) is 2. The van der Waals surface area contributed by atoms with Gasteiger partial charge in [-0.05, 0) is 17.7 Å². The van der Waals surface area contributed by atoms with Crippen molar-refractivity contribution < 1.29 is 4.79 Å². The second-order valence-electron chi connectivity index (χ2n) is 3.68. The normalized spacial score (nSPS) is 10.2. The van der Waals surface area contributed by atoms with Crippen LogP contribution in [0.3, 0.4) is 0 Å². The van der Waals surface area contributed by atoms with Gasteiger partial charge >= 0.3 is 0 Å². The van der Waals surface area contributed by atoms with Crippen LogP contribution in [0.5, 0.6) is 0 Å². The quantitative estimate of drug-likeness (QED) is 0.850. The fourth-order valence-electron chi connectivity index (χ4n) is 1.50. The summed E-state index contributed by atoms with van der Waals surface area (Å²) in [5, 5.41) is 2.80. The average Bonchev–Trinajstić information content (AvgIpc) is 2.76. The summed E-state index contributed by atoms with van der Waals surface area (Å²) in [6, 6.07) is 7.44. The van der Waals surface area contributed by atoms with Gasteiger partial charge in [0, 0.05) is 18.6 Å². The van der Waals surface area contributed by atoms with E-state index < -0.39 is 0 Å². The molecule has 0 radical (unpaired) electrons. The number of alkyl halides is 1. The van der Waals surface area contributed by atoms with Crippen molar-refractivity contribution in [2.75, 3.05) is 5.32 Å². The van der Waals surface area contributed by atoms with E-state index >= 15 is 0 Å². The van der Waals surface area contributed by atoms with Crippen LogP contribution in [0.1, 0.15) is 16.1 Å². The monoisotopic (exact) mass is 249 g/mol. The number of hydrogen-bond donors (Lipinski definition) is 1. The Morgan fingerprint density at radius 1 is 1.53 bits per heavy atom. The number of aromatic nitrogens is 2. The van der Waals surface area contributed by atoms with Gasteiger partial charge in [0.05, 0.1) is 12.5 Å². The van der Waals surface area contributed by atoms with Crippen LogP contribution in [-0.2, 0) is 12.9 Å². The zero-order chi connectivity index (χ0) is 12.3. The number of nitrogens with zero attached hydrogens (tertiary/aromatic N) is 2. The van der Waals surface area contributed by atoms with Gasteiger partial charge < -0.3 is 9.88 Å². The van der Waals surface area contributed by atoms with Crippen LogP contribution in [0.25, 0.3) is 0 Å². The van der Waals surface area contributed by atoms with E-state index in [4.69, 9.17) is 11.6 Å². The molecule has 0 aliphatic heterocycles. The Kier molecular flexibility index (Phi) is 3.44. The Bertz CT molecular complexity index is 536. The topological polar surface area (TPSA) is 46.9 Å². The number of amides is 1. The maximum Gasteiger partial charge on any atom is 0.273 e. The standard InChI is InChI=1S/C12H12ClN3O/c1-16-8-14-7-11(16)12(17)15-10-4-2-3-9(5-10)6-13/h2-5,7-8H,6H2,1H3,(H,15,17). The van der Waals surface area contributed by atoms with Crippen molar-refractivity contribution >= 4 is 23.2 Å². The molecular formula is C12H12ClN3O. The Labute approximate surface area is 104 Å². The zero-order valence-electron chi connectivity index (χ0n) is 9.35. The van der Waals surface area contributed by atoms with E-state index in [0.717, 1.165) is 11.3 Å². The summed E-state index contributed by atoms with van der Waals surface area (Å²) in [6.07, 6.45) is 3.12. The highest BCUT2D eigenvalue weighted by molar-refractivity contribution is 6.17. The highest BCUT2D eigenvalue weighted by Gasteiger charge is 2.09. The molecular weight excluding hydrogens is 238 g/mol. The molecule has 0 unspecified atom stereocenters. The maximum atomic E-state index is 11.9. The molecule has 0 spiro atoms. The Hall–Kier alpha value is -1.81. The predicted molar refractivity (Wildman–Crippen MR) is 67.2 cm³/mol. The zero-order valence-corrected chi connectivity index (χ0v) is 10.1. The highest BCUT2D eigenvalue weighted by Crippen LogP contribution is 2.13. The van der Waals surface area contributed by atoms with Crippen LogP contribution < -0.4 is 5.32 Å². The third-order valence-electron chi connectivity index (χ3n) is 2.39. The fourth-order valence-corrected chi connectivity index (χ4v) is 1.67. The first-order chi connectivity index (χ1) is 8.20. The minimum Gasteiger partial charge on any atom is -0.330 e. The number of aryl methyl sites for hydroxylation is 1. The van der Waals surface area contributed by atoms with E-state index in [2.05, 4.69) is 10.3 Å². The number of nitrogens with one attached hydrogen (secondary N) is 1. The third kappa shape index (κ3) is 2.65. The molecule has 1 aromatic heterocycles. The molecule has 0 aliphatic rings. The first-order valence-electron chi connectivity index (χ1n) is 5.13. The molecule has 0 fully saturated rings. The van der Waals surface area contributed by atoms with Gasteiger partial charge in [-0.25, -0.2) is 4.98 Å². The molecule has 4 nitrogen and oxygen atoms in total. The molecule has 2 aromatic rings. The van der Waals surface area contributed by atoms with Gasteiger partial charge in [0.25, 0.3) is 5.91 Å². The summed E-state index contributed by atoms with van der Waals surface area (Å²) in [5.41, 5.74) is 2.21. The molecule has 1 amide bonds. The molecule has 5 heteroatoms. The molecule has 88 valence electrons. The third-order valence-corrected chi connectivity index (χ3v) is 2.70. The largest absolute Gasteiger partial charge is 0.330 e. The minimum atomic E-state index is -0.184. The fraction of sp³-hybridized carbons (Fsp3) is 0.167. The lowest BCUT2D eigenvalue weighted by Gasteiger charge is -2.06. The average molecular weight is 250 g/mol. The second kappa shape index (κ2) is 5.01. The van der Waals surface area contributed by atoms with E-state index in [-0.39, 0.29) is 5.91 Å². The van der Waals surface area contributed by atoms with Crippen molar-refractivity contribution in [2.45, 2.75) is 5.88 Å². The smallest absolute Gasteiger partial charge is 0.273 e. The number of carbonyl (C=O) groups is 1. The minimum absolute atomic E-state index is 0.184. The van der Waals surface area contributed by atoms with Crippen LogP contribution in [0.2, 0.25) is 0 Å². The Balaban J connectivity index is 2.16. The van der Waals surface area contributed by atoms with Crippen molar-refractivity contribution in [3.63, 3.8) is 0 Å². The van der Waals surface area contributed by atoms with Crippen molar-refractivity contribution in [3.05, 3.63) is 48.0 Å². The lowest BCUT2D eigenvalue weighted by molar-refractivity contribution is 0.101. The van der Waals surface area contributed by atoms with E-state index in [9.17, 15) is 4.79 Å². The maximum absolute atomic E-state index is 11.9. The Morgan fingerprint density at radius 2 is 2.35 bits per heavy atom. The summed E-state index contributed by atoms with van der Waals surface area (Å²) >= 11 is 5.73. The van der Waals surface area contributed by atoms with Crippen LogP contribution in [0.15, 0.2) is 36.8 Å². The van der Waals surface area contributed by atoms with Gasteiger partial charge in [0.2, 0.25) is 0 Å². The summed E-state index contributed by atoms with van der Waals surface area (Å²) in [5.74, 6) is 0.242. The second-order valence-corrected chi connectivity index (χ2v) is 3.95. The van der Waals surface area contributed by atoms with Crippen LogP contribution in [0, 0.1) is 0 Å². The van der Waals surface area contributed by atoms with Gasteiger partial charge in [-0.2, -0.15) is 0 Å². The molecule has 0 atom stereocenters. The van der Waals surface area contributed by atoms with Gasteiger partial charge in [0.1, 0.15) is 5.69 Å². The lowest BCUT2D eigenvalue weighted by atomic mass is 10.2. The molecule has 2 rings (SSSR count). The van der Waals surface area contributed by atoms with Gasteiger partial charge in [-0.15, -0.1) is 11.6 Å². The van der Waals surface area contributed by atoms with Crippen LogP contribution in [-0.4, -0.2) is 15.5 Å². The number of rotatable bonds is 3. The van der Waals surface area contributed by atoms with Crippen molar-refractivity contribution in [3.8, 4) is 0 Å². The van der Waals surface area contributed by atoms with E-state index in [1.807, 2.05) is 24.3 Å². The summed E-state index contributed by atoms with van der Waals surface area (Å²) in [6.45, 7) is 0. The lowest BCUT2D eigenvalue weighted by Crippen LogP contribution is -2.15. The summed E-state index contributed by atoms with van der Waals surface area (Å²) < 4.78 is 1.67. The molecule has 0 saturated carbocycles. The first kappa shape index (κ1) is 11.7. The highest BCUT2D eigenvalue weighted by atomic mass is 35.5. The molecule has 17 heavy (non-hydrogen) atoms. The number of halogens is 1. The summed E-state index contributed by atoms with van der Waals surface area (Å²) in [7, 11) is 1.77. The van der Waals surface area contributed by atoms with Gasteiger partial charge in [0.15, 0.2) is 0 Å². The van der Waals surface area contributed by atoms with Crippen molar-refractivity contribution in [1.29, 1.82) is 0 Å². The number of benzene rings is 1. The molecule has 1 N–H and O–H groups in total. The van der Waals surface area contributed by atoms with E-state index in [0.29, 0.717) is 11.6 Å². The van der Waals surface area contributed by atoms with E-state index in [1.165, 1.54) is 6.20 Å². The van der Waals surface area contributed by atoms with E-state index in [1.54, 1.807) is 17.9 Å². The van der Waals surface area contributed by atoms with Crippen LogP contribution in [0.4, 0.5) is 5.69 Å². The van der Waals surface area contributed by atoms with Crippen molar-refractivity contribution in [1.82, 2.24) is 9.55 Å². The number of carbonyl (C=O) groups excluding carboxylic acids is 1. The summed E-state index contributed by atoms with van der Waals surface area (Å²) in [4.78, 5) is 15.8. The van der Waals surface area contributed by atoms with Gasteiger partial charge in [-0.1, -0.05) is 12.1 Å². The Morgan fingerprint density at radius 3 is 3.00 bits per heavy atom. The molecule has 0 saturated heterocycles.